The second-order valence-electron chi connectivity index (χ2n) is 5.82. The molecule has 4 rings (SSSR count). The van der Waals surface area contributed by atoms with Gasteiger partial charge in [0.25, 0.3) is 0 Å². The number of nitrogens with two attached hydrogens (primary N) is 2. The SMILES string of the molecule is Cc1cccc(-c2nc3ccc(C(=O)ON)cn3c2-c2ccnc(N)n2)n1. The van der Waals surface area contributed by atoms with E-state index < -0.39 is 5.97 Å². The summed E-state index contributed by atoms with van der Waals surface area (Å²) >= 11 is 0. The normalized spacial score (nSPS) is 10.9. The first-order valence-electron chi connectivity index (χ1n) is 8.03. The molecule has 9 nitrogen and oxygen atoms in total. The second-order valence-corrected chi connectivity index (χ2v) is 5.82. The van der Waals surface area contributed by atoms with Gasteiger partial charge in [0.05, 0.1) is 17.0 Å². The third-order valence-electron chi connectivity index (χ3n) is 4.01. The van der Waals surface area contributed by atoms with E-state index in [1.165, 1.54) is 0 Å². The third-order valence-corrected chi connectivity index (χ3v) is 4.01. The fourth-order valence-electron chi connectivity index (χ4n) is 2.84. The molecule has 0 aromatic carbocycles. The summed E-state index contributed by atoms with van der Waals surface area (Å²) in [5.74, 6) is 4.48. The summed E-state index contributed by atoms with van der Waals surface area (Å²) < 4.78 is 1.73. The van der Waals surface area contributed by atoms with Gasteiger partial charge in [-0.05, 0) is 37.3 Å². The maximum atomic E-state index is 11.8. The fourth-order valence-corrected chi connectivity index (χ4v) is 2.84. The summed E-state index contributed by atoms with van der Waals surface area (Å²) in [6, 6.07) is 10.7. The topological polar surface area (TPSA) is 134 Å². The molecule has 0 bridgehead atoms. The van der Waals surface area contributed by atoms with E-state index in [1.54, 1.807) is 35.0 Å². The zero-order valence-corrected chi connectivity index (χ0v) is 14.3. The Hall–Kier alpha value is -3.85. The molecule has 134 valence electrons. The number of fused-ring (bicyclic) bond motifs is 1. The highest BCUT2D eigenvalue weighted by Crippen LogP contribution is 2.31. The van der Waals surface area contributed by atoms with Gasteiger partial charge in [-0.2, -0.15) is 5.90 Å². The Balaban J connectivity index is 2.05. The van der Waals surface area contributed by atoms with E-state index in [-0.39, 0.29) is 11.5 Å². The minimum Gasteiger partial charge on any atom is -0.370 e. The predicted octanol–water partition coefficient (Wildman–Crippen LogP) is 1.77. The van der Waals surface area contributed by atoms with Crippen LogP contribution in [0.5, 0.6) is 0 Å². The molecule has 4 N–H and O–H groups in total. The Bertz CT molecular complexity index is 1170. The van der Waals surface area contributed by atoms with E-state index in [0.717, 1.165) is 5.69 Å². The summed E-state index contributed by atoms with van der Waals surface area (Å²) in [5.41, 5.74) is 9.95. The number of nitrogens with zero attached hydrogens (tertiary/aromatic N) is 5. The monoisotopic (exact) mass is 361 g/mol. The van der Waals surface area contributed by atoms with E-state index in [4.69, 9.17) is 11.6 Å². The van der Waals surface area contributed by atoms with Crippen LogP contribution in [0.1, 0.15) is 16.1 Å². The van der Waals surface area contributed by atoms with Gasteiger partial charge < -0.3 is 10.6 Å². The largest absolute Gasteiger partial charge is 0.370 e. The van der Waals surface area contributed by atoms with E-state index in [0.29, 0.717) is 28.4 Å². The Morgan fingerprint density at radius 1 is 1.07 bits per heavy atom. The van der Waals surface area contributed by atoms with E-state index in [2.05, 4.69) is 24.8 Å². The molecule has 0 amide bonds. The average Bonchev–Trinajstić information content (AvgIpc) is 3.06. The Labute approximate surface area is 153 Å². The van der Waals surface area contributed by atoms with Crippen LogP contribution in [0, 0.1) is 6.92 Å². The van der Waals surface area contributed by atoms with Crippen LogP contribution in [0.15, 0.2) is 48.8 Å². The fraction of sp³-hybridized carbons (Fsp3) is 0.0556. The number of aryl methyl sites for hydroxylation is 1. The Kier molecular flexibility index (Phi) is 3.98. The number of hydrogen-bond acceptors (Lipinski definition) is 8. The lowest BCUT2D eigenvalue weighted by Crippen LogP contribution is -2.11. The molecule has 4 aromatic rings. The lowest BCUT2D eigenvalue weighted by Gasteiger charge is -2.06. The first-order chi connectivity index (χ1) is 13.1. The molecule has 27 heavy (non-hydrogen) atoms. The highest BCUT2D eigenvalue weighted by Gasteiger charge is 2.20. The maximum Gasteiger partial charge on any atom is 0.358 e. The molecule has 0 aliphatic heterocycles. The minimum absolute atomic E-state index is 0.128. The number of aromatic nitrogens is 5. The smallest absolute Gasteiger partial charge is 0.358 e. The van der Waals surface area contributed by atoms with Crippen molar-refractivity contribution in [2.75, 3.05) is 5.73 Å². The number of rotatable bonds is 3. The highest BCUT2D eigenvalue weighted by atomic mass is 16.7. The molecule has 4 aromatic heterocycles. The van der Waals surface area contributed by atoms with Crippen molar-refractivity contribution in [2.45, 2.75) is 6.92 Å². The van der Waals surface area contributed by atoms with Crippen molar-refractivity contribution in [3.63, 3.8) is 0 Å². The molecule has 0 unspecified atom stereocenters. The van der Waals surface area contributed by atoms with Crippen molar-refractivity contribution >= 4 is 17.6 Å². The molecule has 0 spiro atoms. The molecular weight excluding hydrogens is 346 g/mol. The van der Waals surface area contributed by atoms with Crippen molar-refractivity contribution in [3.8, 4) is 22.8 Å². The van der Waals surface area contributed by atoms with Gasteiger partial charge in [-0.25, -0.2) is 19.7 Å². The summed E-state index contributed by atoms with van der Waals surface area (Å²) in [7, 11) is 0. The van der Waals surface area contributed by atoms with Crippen LogP contribution in [0.25, 0.3) is 28.4 Å². The van der Waals surface area contributed by atoms with Gasteiger partial charge in [0.2, 0.25) is 5.95 Å². The quantitative estimate of drug-likeness (QED) is 0.527. The van der Waals surface area contributed by atoms with Crippen molar-refractivity contribution in [3.05, 3.63) is 60.0 Å². The van der Waals surface area contributed by atoms with Crippen LogP contribution in [-0.4, -0.2) is 30.3 Å². The second kappa shape index (κ2) is 6.46. The molecule has 0 atom stereocenters. The lowest BCUT2D eigenvalue weighted by molar-refractivity contribution is 0.0503. The number of nitrogen functional groups attached to an aromatic ring is 1. The molecule has 4 heterocycles. The first kappa shape index (κ1) is 16.6. The Morgan fingerprint density at radius 2 is 1.93 bits per heavy atom. The van der Waals surface area contributed by atoms with Gasteiger partial charge in [-0.1, -0.05) is 6.07 Å². The van der Waals surface area contributed by atoms with E-state index in [1.807, 2.05) is 25.1 Å². The van der Waals surface area contributed by atoms with Gasteiger partial charge in [-0.3, -0.25) is 9.38 Å². The molecule has 0 fully saturated rings. The molecule has 0 aliphatic rings. The maximum absolute atomic E-state index is 11.8. The minimum atomic E-state index is -0.658. The summed E-state index contributed by atoms with van der Waals surface area (Å²) in [6.45, 7) is 1.90. The summed E-state index contributed by atoms with van der Waals surface area (Å²) in [6.07, 6.45) is 3.15. The number of pyridine rings is 2. The number of hydrogen-bond donors (Lipinski definition) is 2. The lowest BCUT2D eigenvalue weighted by atomic mass is 10.1. The number of imidazole rings is 1. The first-order valence-corrected chi connectivity index (χ1v) is 8.03. The number of carbonyl (C=O) groups is 1. The van der Waals surface area contributed by atoms with Crippen molar-refractivity contribution < 1.29 is 9.63 Å². The van der Waals surface area contributed by atoms with Crippen molar-refractivity contribution in [2.24, 2.45) is 5.90 Å². The van der Waals surface area contributed by atoms with Crippen molar-refractivity contribution in [1.82, 2.24) is 24.3 Å². The summed E-state index contributed by atoms with van der Waals surface area (Å²) in [4.78, 5) is 33.6. The molecule has 0 radical (unpaired) electrons. The predicted molar refractivity (Wildman–Crippen MR) is 98.2 cm³/mol. The van der Waals surface area contributed by atoms with E-state index in [9.17, 15) is 4.79 Å². The summed E-state index contributed by atoms with van der Waals surface area (Å²) in [5, 5.41) is 0. The Morgan fingerprint density at radius 3 is 2.67 bits per heavy atom. The molecule has 0 saturated carbocycles. The standard InChI is InChI=1S/C18H15N7O2/c1-10-3-2-4-12(22-10)15-16(13-7-8-21-18(19)23-13)25-9-11(17(26)27-20)5-6-14(25)24-15/h2-9H,20H2,1H3,(H2,19,21,23). The van der Waals surface area contributed by atoms with Gasteiger partial charge in [0.15, 0.2) is 0 Å². The number of anilines is 1. The average molecular weight is 361 g/mol. The van der Waals surface area contributed by atoms with Crippen LogP contribution in [0.2, 0.25) is 0 Å². The van der Waals surface area contributed by atoms with Crippen molar-refractivity contribution in [1.29, 1.82) is 0 Å². The molecule has 0 saturated heterocycles. The van der Waals surface area contributed by atoms with Gasteiger partial charge >= 0.3 is 5.97 Å². The van der Waals surface area contributed by atoms with Gasteiger partial charge in [0.1, 0.15) is 17.0 Å². The third kappa shape index (κ3) is 2.96. The molecule has 9 heteroatoms. The van der Waals surface area contributed by atoms with E-state index >= 15 is 0 Å². The molecule has 0 aliphatic carbocycles. The van der Waals surface area contributed by atoms with Crippen LogP contribution in [-0.2, 0) is 4.84 Å². The molecular formula is C18H15N7O2. The van der Waals surface area contributed by atoms with Crippen LogP contribution >= 0.6 is 0 Å². The van der Waals surface area contributed by atoms with Gasteiger partial charge in [-0.15, -0.1) is 0 Å². The zero-order valence-electron chi connectivity index (χ0n) is 14.3. The zero-order chi connectivity index (χ0) is 19.0. The van der Waals surface area contributed by atoms with Gasteiger partial charge in [0, 0.05) is 18.1 Å². The van der Waals surface area contributed by atoms with Crippen LogP contribution in [0.4, 0.5) is 5.95 Å². The highest BCUT2D eigenvalue weighted by molar-refractivity contribution is 5.90. The number of carbonyl (C=O) groups excluding carboxylic acids is 1. The van der Waals surface area contributed by atoms with Crippen LogP contribution in [0.3, 0.4) is 0 Å². The van der Waals surface area contributed by atoms with Crippen LogP contribution < -0.4 is 11.6 Å².